The molecule has 0 radical (unpaired) electrons. The Hall–Kier alpha value is -2.04. The molecule has 1 aromatic carbocycles. The highest BCUT2D eigenvalue weighted by Crippen LogP contribution is 2.26. The van der Waals surface area contributed by atoms with E-state index < -0.39 is 10.0 Å². The van der Waals surface area contributed by atoms with Gasteiger partial charge in [-0.15, -0.1) is 15.3 Å². The second-order valence-corrected chi connectivity index (χ2v) is 7.34. The van der Waals surface area contributed by atoms with Crippen molar-refractivity contribution in [1.29, 1.82) is 0 Å². The van der Waals surface area contributed by atoms with Gasteiger partial charge in [0.25, 0.3) is 21.6 Å². The molecule has 124 valence electrons. The zero-order valence-electron chi connectivity index (χ0n) is 12.6. The summed E-state index contributed by atoms with van der Waals surface area (Å²) in [6.45, 7) is 4.12. The first kappa shape index (κ1) is 17.3. The molecule has 0 bridgehead atoms. The summed E-state index contributed by atoms with van der Waals surface area (Å²) in [6, 6.07) is 8.61. The van der Waals surface area contributed by atoms with Gasteiger partial charge < -0.3 is 4.84 Å². The summed E-state index contributed by atoms with van der Waals surface area (Å²) in [5.74, 6) is 0.419. The maximum atomic E-state index is 12.4. The number of aromatic nitrogens is 2. The Kier molecular flexibility index (Phi) is 5.64. The van der Waals surface area contributed by atoms with Crippen LogP contribution >= 0.6 is 11.3 Å². The van der Waals surface area contributed by atoms with Crippen LogP contribution in [0.4, 0.5) is 5.13 Å². The Morgan fingerprint density at radius 2 is 1.83 bits per heavy atom. The van der Waals surface area contributed by atoms with Crippen LogP contribution in [0.1, 0.15) is 13.8 Å². The molecular weight excluding hydrogens is 340 g/mol. The minimum atomic E-state index is -3.71. The van der Waals surface area contributed by atoms with Gasteiger partial charge in [0.15, 0.2) is 5.75 Å². The number of rotatable bonds is 8. The van der Waals surface area contributed by atoms with E-state index in [2.05, 4.69) is 10.2 Å². The van der Waals surface area contributed by atoms with E-state index in [-0.39, 0.29) is 9.47 Å². The van der Waals surface area contributed by atoms with Crippen LogP contribution in [0.5, 0.6) is 5.75 Å². The maximum absolute atomic E-state index is 12.4. The first-order valence-electron chi connectivity index (χ1n) is 6.84. The summed E-state index contributed by atoms with van der Waals surface area (Å²) in [7, 11) is -3.71. The van der Waals surface area contributed by atoms with E-state index in [0.717, 1.165) is 16.4 Å². The lowest BCUT2D eigenvalue weighted by Crippen LogP contribution is -2.30. The van der Waals surface area contributed by atoms with Crippen LogP contribution in [0.3, 0.4) is 0 Å². The van der Waals surface area contributed by atoms with Gasteiger partial charge in [0.2, 0.25) is 4.34 Å². The van der Waals surface area contributed by atoms with Gasteiger partial charge in [0.1, 0.15) is 0 Å². The van der Waals surface area contributed by atoms with Crippen molar-refractivity contribution >= 4 is 32.9 Å². The van der Waals surface area contributed by atoms with E-state index in [4.69, 9.17) is 4.84 Å². The molecule has 0 saturated heterocycles. The average molecular weight is 356 g/mol. The van der Waals surface area contributed by atoms with E-state index in [9.17, 15) is 13.2 Å². The van der Waals surface area contributed by atoms with Gasteiger partial charge in [-0.05, 0) is 12.1 Å². The third kappa shape index (κ3) is 3.84. The highest BCUT2D eigenvalue weighted by atomic mass is 32.2. The molecule has 2 rings (SSSR count). The van der Waals surface area contributed by atoms with Crippen molar-refractivity contribution in [3.8, 4) is 5.75 Å². The third-order valence-corrected chi connectivity index (χ3v) is 6.19. The number of carbonyl (C=O) groups is 1. The molecule has 0 spiro atoms. The van der Waals surface area contributed by atoms with Crippen molar-refractivity contribution in [2.45, 2.75) is 18.2 Å². The first-order chi connectivity index (χ1) is 11.0. The molecule has 0 aliphatic heterocycles. The SMILES string of the molecule is CCN(CC)S(=O)(=O)c1nnc(N(C=O)Oc2ccccc2)s1. The molecule has 0 atom stereocenters. The molecule has 0 saturated carbocycles. The monoisotopic (exact) mass is 356 g/mol. The van der Waals surface area contributed by atoms with Crippen molar-refractivity contribution in [2.24, 2.45) is 0 Å². The van der Waals surface area contributed by atoms with E-state index in [1.54, 1.807) is 44.2 Å². The molecule has 0 fully saturated rings. The molecule has 2 aromatic rings. The van der Waals surface area contributed by atoms with Crippen molar-refractivity contribution in [1.82, 2.24) is 14.5 Å². The lowest BCUT2D eigenvalue weighted by Gasteiger charge is -2.15. The van der Waals surface area contributed by atoms with Crippen LogP contribution in [0.2, 0.25) is 0 Å². The Morgan fingerprint density at radius 3 is 2.39 bits per heavy atom. The van der Waals surface area contributed by atoms with Gasteiger partial charge in [0, 0.05) is 13.1 Å². The molecule has 8 nitrogen and oxygen atoms in total. The van der Waals surface area contributed by atoms with Gasteiger partial charge >= 0.3 is 0 Å². The third-order valence-electron chi connectivity index (χ3n) is 2.89. The Morgan fingerprint density at radius 1 is 1.17 bits per heavy atom. The fourth-order valence-corrected chi connectivity index (χ4v) is 4.27. The van der Waals surface area contributed by atoms with Crippen molar-refractivity contribution in [3.05, 3.63) is 30.3 Å². The van der Waals surface area contributed by atoms with Gasteiger partial charge in [-0.2, -0.15) is 4.31 Å². The molecule has 0 N–H and O–H groups in total. The summed E-state index contributed by atoms with van der Waals surface area (Å²) in [5.41, 5.74) is 0. The van der Waals surface area contributed by atoms with Crippen molar-refractivity contribution < 1.29 is 18.0 Å². The van der Waals surface area contributed by atoms with E-state index in [0.29, 0.717) is 25.2 Å². The normalized spacial score (nSPS) is 11.4. The van der Waals surface area contributed by atoms with Crippen LogP contribution in [-0.4, -0.2) is 42.4 Å². The number of hydrogen-bond acceptors (Lipinski definition) is 7. The number of carbonyl (C=O) groups excluding carboxylic acids is 1. The van der Waals surface area contributed by atoms with Crippen LogP contribution in [-0.2, 0) is 14.8 Å². The topological polar surface area (TPSA) is 92.7 Å². The Labute approximate surface area is 138 Å². The van der Waals surface area contributed by atoms with Crippen molar-refractivity contribution in [3.63, 3.8) is 0 Å². The molecule has 0 aliphatic carbocycles. The van der Waals surface area contributed by atoms with E-state index >= 15 is 0 Å². The van der Waals surface area contributed by atoms with Crippen LogP contribution in [0, 0.1) is 0 Å². The van der Waals surface area contributed by atoms with Gasteiger partial charge in [-0.3, -0.25) is 4.79 Å². The summed E-state index contributed by atoms with van der Waals surface area (Å²) < 4.78 is 25.8. The Bertz CT molecular complexity index is 744. The van der Waals surface area contributed by atoms with Gasteiger partial charge in [-0.25, -0.2) is 8.42 Å². The number of benzene rings is 1. The van der Waals surface area contributed by atoms with E-state index in [1.165, 1.54) is 4.31 Å². The molecule has 0 aliphatic rings. The smallest absolute Gasteiger partial charge is 0.272 e. The molecule has 1 aromatic heterocycles. The quantitative estimate of drug-likeness (QED) is 0.404. The number of para-hydroxylation sites is 1. The summed E-state index contributed by atoms with van der Waals surface area (Å²) in [5, 5.41) is 8.28. The molecule has 23 heavy (non-hydrogen) atoms. The average Bonchev–Trinajstić information content (AvgIpc) is 3.05. The highest BCUT2D eigenvalue weighted by molar-refractivity contribution is 7.91. The second-order valence-electron chi connectivity index (χ2n) is 4.28. The molecule has 10 heteroatoms. The van der Waals surface area contributed by atoms with Gasteiger partial charge in [-0.1, -0.05) is 43.4 Å². The predicted octanol–water partition coefficient (Wildman–Crippen LogP) is 1.53. The zero-order chi connectivity index (χ0) is 16.9. The van der Waals surface area contributed by atoms with Crippen LogP contribution in [0.15, 0.2) is 34.7 Å². The minimum absolute atomic E-state index is 0.0367. The number of sulfonamides is 1. The summed E-state index contributed by atoms with van der Waals surface area (Å²) >= 11 is 0.769. The zero-order valence-corrected chi connectivity index (χ0v) is 14.2. The number of hydroxylamine groups is 1. The maximum Gasteiger partial charge on any atom is 0.272 e. The summed E-state index contributed by atoms with van der Waals surface area (Å²) in [4.78, 5) is 16.5. The fraction of sp³-hybridized carbons (Fsp3) is 0.308. The van der Waals surface area contributed by atoms with Crippen LogP contribution in [0.25, 0.3) is 0 Å². The summed E-state index contributed by atoms with van der Waals surface area (Å²) in [6.07, 6.45) is 0.404. The molecule has 1 heterocycles. The number of anilines is 1. The Balaban J connectivity index is 2.25. The largest absolute Gasteiger partial charge is 0.370 e. The predicted molar refractivity (Wildman–Crippen MR) is 85.6 cm³/mol. The number of nitrogens with zero attached hydrogens (tertiary/aromatic N) is 4. The number of amides is 1. The lowest BCUT2D eigenvalue weighted by atomic mass is 10.3. The van der Waals surface area contributed by atoms with Crippen LogP contribution < -0.4 is 9.90 Å². The fourth-order valence-electron chi connectivity index (χ4n) is 1.77. The number of hydrogen-bond donors (Lipinski definition) is 0. The minimum Gasteiger partial charge on any atom is -0.370 e. The standard InChI is InChI=1S/C13H16N4O4S2/c1-3-16(4-2)23(19,20)13-15-14-12(22-13)17(10-18)21-11-8-6-5-7-9-11/h5-10H,3-4H2,1-2H3. The lowest BCUT2D eigenvalue weighted by molar-refractivity contribution is -0.111. The first-order valence-corrected chi connectivity index (χ1v) is 9.09. The molecule has 0 unspecified atom stereocenters. The van der Waals surface area contributed by atoms with Crippen molar-refractivity contribution in [2.75, 3.05) is 18.2 Å². The second kappa shape index (κ2) is 7.49. The van der Waals surface area contributed by atoms with E-state index in [1.807, 2.05) is 0 Å². The van der Waals surface area contributed by atoms with Gasteiger partial charge in [0.05, 0.1) is 0 Å². The molecule has 1 amide bonds. The molecular formula is C13H16N4O4S2. The highest BCUT2D eigenvalue weighted by Gasteiger charge is 2.28.